The van der Waals surface area contributed by atoms with E-state index in [9.17, 15) is 4.79 Å². The fraction of sp³-hybridized carbons (Fsp3) is 0.909. The van der Waals surface area contributed by atoms with Gasteiger partial charge >= 0.3 is 0 Å². The molecule has 0 radical (unpaired) electrons. The highest BCUT2D eigenvalue weighted by molar-refractivity contribution is 5.85. The van der Waals surface area contributed by atoms with Crippen LogP contribution in [0.1, 0.15) is 26.2 Å². The SMILES string of the molecule is CCCN1CCC(NC(=O)CNC)CC1.Cl.Cl. The smallest absolute Gasteiger partial charge is 0.234 e. The van der Waals surface area contributed by atoms with E-state index in [-0.39, 0.29) is 30.7 Å². The number of piperidine rings is 1. The number of nitrogens with zero attached hydrogens (tertiary/aromatic N) is 1. The second kappa shape index (κ2) is 11.1. The summed E-state index contributed by atoms with van der Waals surface area (Å²) in [7, 11) is 1.80. The van der Waals surface area contributed by atoms with Crippen LogP contribution in [0.15, 0.2) is 0 Å². The molecule has 0 spiro atoms. The third kappa shape index (κ3) is 7.82. The topological polar surface area (TPSA) is 44.4 Å². The lowest BCUT2D eigenvalue weighted by molar-refractivity contribution is -0.121. The van der Waals surface area contributed by atoms with Crippen LogP contribution in [-0.4, -0.2) is 50.1 Å². The molecule has 0 saturated carbocycles. The summed E-state index contributed by atoms with van der Waals surface area (Å²) in [5, 5.41) is 5.92. The standard InChI is InChI=1S/C11H23N3O.2ClH/c1-3-6-14-7-4-10(5-8-14)13-11(15)9-12-2;;/h10,12H,3-9H2,1-2H3,(H,13,15);2*1H. The van der Waals surface area contributed by atoms with Gasteiger partial charge in [-0.2, -0.15) is 0 Å². The molecule has 104 valence electrons. The van der Waals surface area contributed by atoms with E-state index in [4.69, 9.17) is 0 Å². The third-order valence-electron chi connectivity index (χ3n) is 2.83. The van der Waals surface area contributed by atoms with Crippen molar-refractivity contribution in [2.45, 2.75) is 32.2 Å². The fourth-order valence-corrected chi connectivity index (χ4v) is 2.06. The average Bonchev–Trinajstić information content (AvgIpc) is 2.22. The lowest BCUT2D eigenvalue weighted by Crippen LogP contribution is -2.46. The molecule has 0 aliphatic carbocycles. The largest absolute Gasteiger partial charge is 0.352 e. The van der Waals surface area contributed by atoms with Gasteiger partial charge in [-0.05, 0) is 32.9 Å². The number of halogens is 2. The van der Waals surface area contributed by atoms with Crippen LogP contribution in [0.4, 0.5) is 0 Å². The van der Waals surface area contributed by atoms with E-state index in [2.05, 4.69) is 22.5 Å². The van der Waals surface area contributed by atoms with Crippen molar-refractivity contribution in [3.05, 3.63) is 0 Å². The van der Waals surface area contributed by atoms with Crippen LogP contribution in [0.5, 0.6) is 0 Å². The Labute approximate surface area is 117 Å². The molecule has 17 heavy (non-hydrogen) atoms. The summed E-state index contributed by atoms with van der Waals surface area (Å²) in [6.45, 7) is 6.07. The van der Waals surface area contributed by atoms with Gasteiger partial charge in [-0.1, -0.05) is 6.92 Å². The molecule has 0 aromatic heterocycles. The summed E-state index contributed by atoms with van der Waals surface area (Å²) < 4.78 is 0. The monoisotopic (exact) mass is 285 g/mol. The van der Waals surface area contributed by atoms with Gasteiger partial charge < -0.3 is 15.5 Å². The summed E-state index contributed by atoms with van der Waals surface area (Å²) in [4.78, 5) is 13.8. The molecule has 0 aromatic carbocycles. The van der Waals surface area contributed by atoms with Crippen LogP contribution >= 0.6 is 24.8 Å². The van der Waals surface area contributed by atoms with Crippen molar-refractivity contribution in [1.82, 2.24) is 15.5 Å². The fourth-order valence-electron chi connectivity index (χ4n) is 2.06. The number of carbonyl (C=O) groups excluding carboxylic acids is 1. The molecule has 1 fully saturated rings. The van der Waals surface area contributed by atoms with Gasteiger partial charge in [0.1, 0.15) is 0 Å². The van der Waals surface area contributed by atoms with Gasteiger partial charge in [0.25, 0.3) is 0 Å². The summed E-state index contributed by atoms with van der Waals surface area (Å²) >= 11 is 0. The number of hydrogen-bond acceptors (Lipinski definition) is 3. The average molecular weight is 286 g/mol. The summed E-state index contributed by atoms with van der Waals surface area (Å²) in [5.41, 5.74) is 0. The second-order valence-corrected chi connectivity index (χ2v) is 4.21. The summed E-state index contributed by atoms with van der Waals surface area (Å²) in [6.07, 6.45) is 3.40. The molecule has 1 saturated heterocycles. The molecule has 1 aliphatic rings. The maximum atomic E-state index is 11.3. The van der Waals surface area contributed by atoms with Crippen LogP contribution < -0.4 is 10.6 Å². The number of nitrogens with one attached hydrogen (secondary N) is 2. The molecule has 4 nitrogen and oxygen atoms in total. The second-order valence-electron chi connectivity index (χ2n) is 4.21. The van der Waals surface area contributed by atoms with Gasteiger partial charge in [-0.25, -0.2) is 0 Å². The zero-order chi connectivity index (χ0) is 11.1. The number of likely N-dealkylation sites (tertiary alicyclic amines) is 1. The van der Waals surface area contributed by atoms with Gasteiger partial charge in [0, 0.05) is 19.1 Å². The van der Waals surface area contributed by atoms with Gasteiger partial charge in [0.2, 0.25) is 5.91 Å². The van der Waals surface area contributed by atoms with Gasteiger partial charge in [0.05, 0.1) is 6.54 Å². The quantitative estimate of drug-likeness (QED) is 0.794. The lowest BCUT2D eigenvalue weighted by atomic mass is 10.0. The Balaban J connectivity index is 0. The van der Waals surface area contributed by atoms with Crippen LogP contribution in [0.2, 0.25) is 0 Å². The molecule has 0 unspecified atom stereocenters. The van der Waals surface area contributed by atoms with Crippen molar-refractivity contribution >= 4 is 30.7 Å². The molecule has 1 aliphatic heterocycles. The molecule has 0 atom stereocenters. The Kier molecular flexibility index (Phi) is 12.6. The first kappa shape index (κ1) is 19.3. The lowest BCUT2D eigenvalue weighted by Gasteiger charge is -2.32. The maximum absolute atomic E-state index is 11.3. The van der Waals surface area contributed by atoms with Gasteiger partial charge in [-0.15, -0.1) is 24.8 Å². The van der Waals surface area contributed by atoms with E-state index >= 15 is 0 Å². The Bertz CT molecular complexity index is 197. The molecule has 0 aromatic rings. The number of carbonyl (C=O) groups is 1. The molecule has 1 heterocycles. The van der Waals surface area contributed by atoms with E-state index in [0.29, 0.717) is 12.6 Å². The minimum absolute atomic E-state index is 0. The maximum Gasteiger partial charge on any atom is 0.234 e. The Morgan fingerprint density at radius 3 is 2.35 bits per heavy atom. The number of likely N-dealkylation sites (N-methyl/N-ethyl adjacent to an activating group) is 1. The van der Waals surface area contributed by atoms with Gasteiger partial charge in [0.15, 0.2) is 0 Å². The first-order valence-corrected chi connectivity index (χ1v) is 5.92. The Morgan fingerprint density at radius 1 is 1.29 bits per heavy atom. The molecule has 2 N–H and O–H groups in total. The summed E-state index contributed by atoms with van der Waals surface area (Å²) in [6, 6.07) is 0.388. The first-order valence-electron chi connectivity index (χ1n) is 5.92. The van der Waals surface area contributed by atoms with Crippen molar-refractivity contribution in [3.63, 3.8) is 0 Å². The molecular formula is C11H25Cl2N3O. The third-order valence-corrected chi connectivity index (χ3v) is 2.83. The van der Waals surface area contributed by atoms with E-state index in [1.165, 1.54) is 13.0 Å². The zero-order valence-corrected chi connectivity index (χ0v) is 12.3. The van der Waals surface area contributed by atoms with Crippen molar-refractivity contribution < 1.29 is 4.79 Å². The van der Waals surface area contributed by atoms with Gasteiger partial charge in [-0.3, -0.25) is 4.79 Å². The molecule has 6 heteroatoms. The Hall–Kier alpha value is -0.0300. The number of amides is 1. The molecular weight excluding hydrogens is 261 g/mol. The van der Waals surface area contributed by atoms with Crippen molar-refractivity contribution in [1.29, 1.82) is 0 Å². The minimum atomic E-state index is 0. The molecule has 1 rings (SSSR count). The number of hydrogen-bond donors (Lipinski definition) is 2. The van der Waals surface area contributed by atoms with Crippen molar-refractivity contribution in [2.24, 2.45) is 0 Å². The van der Waals surface area contributed by atoms with E-state index in [1.807, 2.05) is 0 Å². The summed E-state index contributed by atoms with van der Waals surface area (Å²) in [5.74, 6) is 0.117. The highest BCUT2D eigenvalue weighted by Crippen LogP contribution is 2.10. The first-order chi connectivity index (χ1) is 7.26. The predicted molar refractivity (Wildman–Crippen MR) is 76.3 cm³/mol. The van der Waals surface area contributed by atoms with E-state index in [1.54, 1.807) is 7.05 Å². The van der Waals surface area contributed by atoms with E-state index < -0.39 is 0 Å². The van der Waals surface area contributed by atoms with Crippen LogP contribution in [0.3, 0.4) is 0 Å². The molecule has 1 amide bonds. The normalized spacial score (nSPS) is 16.8. The highest BCUT2D eigenvalue weighted by Gasteiger charge is 2.19. The van der Waals surface area contributed by atoms with Crippen LogP contribution in [0.25, 0.3) is 0 Å². The Morgan fingerprint density at radius 2 is 1.88 bits per heavy atom. The highest BCUT2D eigenvalue weighted by atomic mass is 35.5. The van der Waals surface area contributed by atoms with Crippen LogP contribution in [0, 0.1) is 0 Å². The van der Waals surface area contributed by atoms with Crippen LogP contribution in [-0.2, 0) is 4.79 Å². The predicted octanol–water partition coefficient (Wildman–Crippen LogP) is 1.04. The minimum Gasteiger partial charge on any atom is -0.352 e. The number of rotatable bonds is 5. The van der Waals surface area contributed by atoms with E-state index in [0.717, 1.165) is 25.9 Å². The zero-order valence-electron chi connectivity index (χ0n) is 10.7. The van der Waals surface area contributed by atoms with Crippen molar-refractivity contribution in [2.75, 3.05) is 33.2 Å². The molecule has 0 bridgehead atoms. The van der Waals surface area contributed by atoms with Crippen molar-refractivity contribution in [3.8, 4) is 0 Å².